The minimum Gasteiger partial charge on any atom is -0.497 e. The van der Waals surface area contributed by atoms with E-state index in [1.165, 1.54) is 0 Å². The zero-order valence-corrected chi connectivity index (χ0v) is 20.2. The fourth-order valence-electron chi connectivity index (χ4n) is 3.17. The number of hydrogen-bond donors (Lipinski definition) is 1. The first-order valence-electron chi connectivity index (χ1n) is 10.7. The van der Waals surface area contributed by atoms with Crippen molar-refractivity contribution in [2.24, 2.45) is 0 Å². The van der Waals surface area contributed by atoms with Crippen LogP contribution in [0.5, 0.6) is 11.5 Å². The molecule has 0 aliphatic carbocycles. The molecule has 32 heavy (non-hydrogen) atoms. The molecule has 1 N–H and O–H groups in total. The van der Waals surface area contributed by atoms with Crippen molar-refractivity contribution in [1.29, 1.82) is 0 Å². The Labute approximate surface area is 199 Å². The number of methoxy groups -OCH3 is 1. The molecule has 6 nitrogen and oxygen atoms in total. The molecule has 0 spiro atoms. The minimum absolute atomic E-state index is 0.174. The molecule has 0 saturated heterocycles. The summed E-state index contributed by atoms with van der Waals surface area (Å²) in [4.78, 5) is 27.6. The lowest BCUT2D eigenvalue weighted by molar-refractivity contribution is -0.143. The van der Waals surface area contributed by atoms with Gasteiger partial charge in [0, 0.05) is 18.1 Å². The zero-order chi connectivity index (χ0) is 23.5. The molecule has 0 heterocycles. The van der Waals surface area contributed by atoms with Crippen LogP contribution in [0, 0.1) is 0 Å². The molecule has 0 aliphatic heterocycles. The van der Waals surface area contributed by atoms with Gasteiger partial charge in [-0.1, -0.05) is 55.6 Å². The van der Waals surface area contributed by atoms with Gasteiger partial charge in [0.05, 0.1) is 12.1 Å². The van der Waals surface area contributed by atoms with E-state index in [-0.39, 0.29) is 25.0 Å². The van der Waals surface area contributed by atoms with Crippen LogP contribution in [-0.2, 0) is 16.1 Å². The van der Waals surface area contributed by atoms with Crippen molar-refractivity contribution in [1.82, 2.24) is 10.2 Å². The number of amides is 2. The van der Waals surface area contributed by atoms with E-state index >= 15 is 0 Å². The SMILES string of the molecule is CCCCNC(=O)C(CC)N(Cc1ccc(OC)cc1)C(=O)COc1ccc(Cl)cc1Cl. The highest BCUT2D eigenvalue weighted by atomic mass is 35.5. The highest BCUT2D eigenvalue weighted by Crippen LogP contribution is 2.27. The average molecular weight is 481 g/mol. The van der Waals surface area contributed by atoms with Gasteiger partial charge in [0.2, 0.25) is 5.91 Å². The van der Waals surface area contributed by atoms with Crippen molar-refractivity contribution in [2.45, 2.75) is 45.7 Å². The van der Waals surface area contributed by atoms with Crippen molar-refractivity contribution in [3.05, 3.63) is 58.1 Å². The van der Waals surface area contributed by atoms with Crippen LogP contribution in [0.15, 0.2) is 42.5 Å². The number of carbonyl (C=O) groups is 2. The quantitative estimate of drug-likeness (QED) is 0.428. The standard InChI is InChI=1S/C24H30Cl2N2O4/c1-4-6-13-27-24(30)21(5-2)28(15-17-7-10-19(31-3)11-8-17)23(29)16-32-22-12-9-18(25)14-20(22)26/h7-12,14,21H,4-6,13,15-16H2,1-3H3,(H,27,30). The summed E-state index contributed by atoms with van der Waals surface area (Å²) < 4.78 is 10.9. The molecular weight excluding hydrogens is 451 g/mol. The summed E-state index contributed by atoms with van der Waals surface area (Å²) in [7, 11) is 1.60. The number of nitrogens with one attached hydrogen (secondary N) is 1. The molecule has 8 heteroatoms. The number of ether oxygens (including phenoxy) is 2. The second-order valence-electron chi connectivity index (χ2n) is 7.30. The smallest absolute Gasteiger partial charge is 0.261 e. The maximum absolute atomic E-state index is 13.2. The summed E-state index contributed by atoms with van der Waals surface area (Å²) in [6.07, 6.45) is 2.33. The third-order valence-corrected chi connectivity index (χ3v) is 5.50. The molecule has 174 valence electrons. The molecule has 2 aromatic rings. The lowest BCUT2D eigenvalue weighted by atomic mass is 10.1. The van der Waals surface area contributed by atoms with E-state index in [1.54, 1.807) is 30.2 Å². The Hall–Kier alpha value is -2.44. The van der Waals surface area contributed by atoms with Crippen LogP contribution in [-0.4, -0.2) is 43.0 Å². The van der Waals surface area contributed by atoms with E-state index in [0.29, 0.717) is 28.8 Å². The second-order valence-corrected chi connectivity index (χ2v) is 8.15. The number of unbranched alkanes of at least 4 members (excludes halogenated alkanes) is 1. The first-order chi connectivity index (χ1) is 15.4. The fourth-order valence-corrected chi connectivity index (χ4v) is 3.63. The van der Waals surface area contributed by atoms with E-state index in [2.05, 4.69) is 12.2 Å². The van der Waals surface area contributed by atoms with Crippen LogP contribution in [0.4, 0.5) is 0 Å². The van der Waals surface area contributed by atoms with Gasteiger partial charge in [0.15, 0.2) is 6.61 Å². The molecule has 0 saturated carbocycles. The van der Waals surface area contributed by atoms with Gasteiger partial charge < -0.3 is 19.7 Å². The van der Waals surface area contributed by atoms with Gasteiger partial charge in [-0.3, -0.25) is 9.59 Å². The predicted molar refractivity (Wildman–Crippen MR) is 127 cm³/mol. The predicted octanol–water partition coefficient (Wildman–Crippen LogP) is 5.10. The summed E-state index contributed by atoms with van der Waals surface area (Å²) in [5, 5.41) is 3.73. The largest absolute Gasteiger partial charge is 0.497 e. The summed E-state index contributed by atoms with van der Waals surface area (Å²) in [5.41, 5.74) is 0.878. The zero-order valence-electron chi connectivity index (χ0n) is 18.7. The van der Waals surface area contributed by atoms with Gasteiger partial charge in [-0.25, -0.2) is 0 Å². The highest BCUT2D eigenvalue weighted by Gasteiger charge is 2.29. The minimum atomic E-state index is -0.620. The van der Waals surface area contributed by atoms with Gasteiger partial charge in [-0.2, -0.15) is 0 Å². The number of rotatable bonds is 12. The molecule has 2 rings (SSSR count). The Morgan fingerprint density at radius 2 is 1.81 bits per heavy atom. The molecule has 0 fully saturated rings. The van der Waals surface area contributed by atoms with Crippen molar-refractivity contribution in [2.75, 3.05) is 20.3 Å². The Kier molecular flexibility index (Phi) is 10.6. The van der Waals surface area contributed by atoms with Crippen LogP contribution in [0.25, 0.3) is 0 Å². The number of benzene rings is 2. The molecule has 2 amide bonds. The maximum Gasteiger partial charge on any atom is 0.261 e. The van der Waals surface area contributed by atoms with Crippen LogP contribution < -0.4 is 14.8 Å². The van der Waals surface area contributed by atoms with Crippen LogP contribution in [0.3, 0.4) is 0 Å². The van der Waals surface area contributed by atoms with E-state index in [1.807, 2.05) is 31.2 Å². The molecule has 0 radical (unpaired) electrons. The fraction of sp³-hybridized carbons (Fsp3) is 0.417. The first kappa shape index (κ1) is 25.8. The van der Waals surface area contributed by atoms with E-state index in [0.717, 1.165) is 24.2 Å². The lowest BCUT2D eigenvalue weighted by Crippen LogP contribution is -2.50. The Morgan fingerprint density at radius 1 is 1.09 bits per heavy atom. The molecule has 0 aliphatic rings. The second kappa shape index (κ2) is 13.2. The summed E-state index contributed by atoms with van der Waals surface area (Å²) in [6.45, 7) is 4.53. The maximum atomic E-state index is 13.2. The third kappa shape index (κ3) is 7.61. The molecule has 1 atom stereocenters. The van der Waals surface area contributed by atoms with E-state index in [9.17, 15) is 9.59 Å². The van der Waals surface area contributed by atoms with Crippen LogP contribution in [0.2, 0.25) is 10.0 Å². The number of nitrogens with zero attached hydrogens (tertiary/aromatic N) is 1. The van der Waals surface area contributed by atoms with Gasteiger partial charge >= 0.3 is 0 Å². The normalized spacial score (nSPS) is 11.5. The molecular formula is C24H30Cl2N2O4. The number of carbonyl (C=O) groups excluding carboxylic acids is 2. The molecule has 0 aromatic heterocycles. The monoisotopic (exact) mass is 480 g/mol. The number of halogens is 2. The topological polar surface area (TPSA) is 67.9 Å². The molecule has 1 unspecified atom stereocenters. The van der Waals surface area contributed by atoms with Gasteiger partial charge in [0.25, 0.3) is 5.91 Å². The van der Waals surface area contributed by atoms with E-state index in [4.69, 9.17) is 32.7 Å². The number of hydrogen-bond acceptors (Lipinski definition) is 4. The van der Waals surface area contributed by atoms with Gasteiger partial charge in [-0.05, 0) is 48.7 Å². The van der Waals surface area contributed by atoms with Crippen molar-refractivity contribution >= 4 is 35.0 Å². The Morgan fingerprint density at radius 3 is 2.41 bits per heavy atom. The van der Waals surface area contributed by atoms with Gasteiger partial charge in [0.1, 0.15) is 17.5 Å². The first-order valence-corrected chi connectivity index (χ1v) is 11.4. The van der Waals surface area contributed by atoms with Crippen LogP contribution in [0.1, 0.15) is 38.7 Å². The van der Waals surface area contributed by atoms with E-state index < -0.39 is 6.04 Å². The molecule has 2 aromatic carbocycles. The van der Waals surface area contributed by atoms with Crippen molar-refractivity contribution < 1.29 is 19.1 Å². The average Bonchev–Trinajstić information content (AvgIpc) is 2.78. The van der Waals surface area contributed by atoms with Crippen LogP contribution >= 0.6 is 23.2 Å². The highest BCUT2D eigenvalue weighted by molar-refractivity contribution is 6.35. The summed E-state index contributed by atoms with van der Waals surface area (Å²) in [5.74, 6) is 0.586. The third-order valence-electron chi connectivity index (χ3n) is 4.97. The Balaban J connectivity index is 2.19. The Bertz CT molecular complexity index is 890. The molecule has 0 bridgehead atoms. The van der Waals surface area contributed by atoms with Gasteiger partial charge in [-0.15, -0.1) is 0 Å². The van der Waals surface area contributed by atoms with Crippen molar-refractivity contribution in [3.8, 4) is 11.5 Å². The summed E-state index contributed by atoms with van der Waals surface area (Å²) >= 11 is 12.1. The van der Waals surface area contributed by atoms with Crippen molar-refractivity contribution in [3.63, 3.8) is 0 Å². The lowest BCUT2D eigenvalue weighted by Gasteiger charge is -2.30. The summed E-state index contributed by atoms with van der Waals surface area (Å²) in [6, 6.07) is 11.6.